The van der Waals surface area contributed by atoms with Crippen LogP contribution in [0.1, 0.15) is 15.8 Å². The maximum atomic E-state index is 12.2. The number of aryl methyl sites for hydroxylation is 1. The van der Waals surface area contributed by atoms with Gasteiger partial charge < -0.3 is 15.4 Å². The third kappa shape index (κ3) is 4.49. The molecule has 0 bridgehead atoms. The van der Waals surface area contributed by atoms with E-state index in [0.29, 0.717) is 16.6 Å². The third-order valence-corrected chi connectivity index (χ3v) is 6.17. The summed E-state index contributed by atoms with van der Waals surface area (Å²) in [7, 11) is 0. The minimum Gasteiger partial charge on any atom is -0.379 e. The molecule has 0 spiro atoms. The van der Waals surface area contributed by atoms with Gasteiger partial charge in [-0.05, 0) is 30.5 Å². The van der Waals surface area contributed by atoms with Crippen LogP contribution in [0.2, 0.25) is 4.34 Å². The Labute approximate surface area is 154 Å². The molecule has 1 atom stereocenters. The average molecular weight is 386 g/mol. The molecule has 3 heterocycles. The van der Waals surface area contributed by atoms with Crippen LogP contribution in [0.5, 0.6) is 0 Å². The van der Waals surface area contributed by atoms with Gasteiger partial charge in [-0.15, -0.1) is 22.7 Å². The molecule has 2 aromatic heterocycles. The van der Waals surface area contributed by atoms with Gasteiger partial charge in [0.15, 0.2) is 0 Å². The maximum Gasteiger partial charge on any atom is 0.319 e. The molecule has 1 fully saturated rings. The van der Waals surface area contributed by atoms with E-state index in [0.717, 1.165) is 26.3 Å². The van der Waals surface area contributed by atoms with Gasteiger partial charge in [0.25, 0.3) is 0 Å². The van der Waals surface area contributed by atoms with E-state index in [1.807, 2.05) is 5.38 Å². The van der Waals surface area contributed by atoms with Crippen molar-refractivity contribution in [2.75, 3.05) is 38.2 Å². The van der Waals surface area contributed by atoms with E-state index in [-0.39, 0.29) is 12.1 Å². The van der Waals surface area contributed by atoms with Gasteiger partial charge in [-0.2, -0.15) is 0 Å². The number of carbonyl (C=O) groups is 1. The minimum atomic E-state index is -0.234. The zero-order valence-electron chi connectivity index (χ0n) is 13.4. The van der Waals surface area contributed by atoms with E-state index in [1.54, 1.807) is 17.4 Å². The van der Waals surface area contributed by atoms with Crippen LogP contribution in [-0.2, 0) is 4.74 Å². The molecule has 5 nitrogen and oxygen atoms in total. The molecule has 1 saturated heterocycles. The summed E-state index contributed by atoms with van der Waals surface area (Å²) in [4.78, 5) is 17.1. The fraction of sp³-hybridized carbons (Fsp3) is 0.438. The zero-order chi connectivity index (χ0) is 16.9. The number of anilines is 1. The molecule has 0 aliphatic carbocycles. The summed E-state index contributed by atoms with van der Waals surface area (Å²) in [6, 6.07) is 6.00. The monoisotopic (exact) mass is 385 g/mol. The second-order valence-corrected chi connectivity index (χ2v) is 8.39. The Morgan fingerprint density at radius 2 is 2.17 bits per heavy atom. The Morgan fingerprint density at radius 3 is 2.79 bits per heavy atom. The lowest BCUT2D eigenvalue weighted by Gasteiger charge is -2.34. The van der Waals surface area contributed by atoms with Crippen molar-refractivity contribution in [1.29, 1.82) is 0 Å². The lowest BCUT2D eigenvalue weighted by Crippen LogP contribution is -2.44. The molecule has 0 saturated carbocycles. The molecule has 1 aliphatic heterocycles. The number of thiophene rings is 2. The molecule has 1 unspecified atom stereocenters. The van der Waals surface area contributed by atoms with Gasteiger partial charge >= 0.3 is 6.03 Å². The number of morpholine rings is 1. The van der Waals surface area contributed by atoms with Crippen molar-refractivity contribution in [3.63, 3.8) is 0 Å². The van der Waals surface area contributed by atoms with Crippen molar-refractivity contribution in [1.82, 2.24) is 10.2 Å². The fourth-order valence-corrected chi connectivity index (χ4v) is 4.52. The Morgan fingerprint density at radius 1 is 1.38 bits per heavy atom. The predicted molar refractivity (Wildman–Crippen MR) is 101 cm³/mol. The number of hydrogen-bond donors (Lipinski definition) is 2. The number of halogens is 1. The highest BCUT2D eigenvalue weighted by Crippen LogP contribution is 2.29. The molecule has 130 valence electrons. The van der Waals surface area contributed by atoms with E-state index in [9.17, 15) is 4.79 Å². The van der Waals surface area contributed by atoms with E-state index >= 15 is 0 Å². The van der Waals surface area contributed by atoms with Crippen molar-refractivity contribution in [3.05, 3.63) is 37.7 Å². The van der Waals surface area contributed by atoms with Crippen molar-refractivity contribution >= 4 is 46.0 Å². The largest absolute Gasteiger partial charge is 0.379 e. The van der Waals surface area contributed by atoms with Gasteiger partial charge in [0.05, 0.1) is 24.9 Å². The highest BCUT2D eigenvalue weighted by atomic mass is 35.5. The van der Waals surface area contributed by atoms with E-state index in [4.69, 9.17) is 16.3 Å². The number of hydrogen-bond acceptors (Lipinski definition) is 5. The first-order chi connectivity index (χ1) is 11.6. The second kappa shape index (κ2) is 8.31. The van der Waals surface area contributed by atoms with Crippen LogP contribution in [0.25, 0.3) is 0 Å². The zero-order valence-corrected chi connectivity index (χ0v) is 15.8. The van der Waals surface area contributed by atoms with Gasteiger partial charge in [-0.3, -0.25) is 4.90 Å². The van der Waals surface area contributed by atoms with Gasteiger partial charge in [-0.1, -0.05) is 11.6 Å². The van der Waals surface area contributed by atoms with Crippen LogP contribution in [-0.4, -0.2) is 43.8 Å². The van der Waals surface area contributed by atoms with Crippen LogP contribution in [0, 0.1) is 6.92 Å². The summed E-state index contributed by atoms with van der Waals surface area (Å²) in [5.41, 5.74) is 0.647. The van der Waals surface area contributed by atoms with Crippen LogP contribution in [0.15, 0.2) is 23.6 Å². The minimum absolute atomic E-state index is 0.163. The lowest BCUT2D eigenvalue weighted by atomic mass is 10.2. The maximum absolute atomic E-state index is 12.2. The quantitative estimate of drug-likeness (QED) is 0.818. The lowest BCUT2D eigenvalue weighted by molar-refractivity contribution is 0.0175. The van der Waals surface area contributed by atoms with Gasteiger partial charge in [0.2, 0.25) is 0 Å². The molecule has 2 aromatic rings. The van der Waals surface area contributed by atoms with Crippen LogP contribution < -0.4 is 10.6 Å². The van der Waals surface area contributed by atoms with Gasteiger partial charge in [0.1, 0.15) is 4.34 Å². The summed E-state index contributed by atoms with van der Waals surface area (Å²) in [5, 5.41) is 7.62. The number of urea groups is 1. The molecule has 1 aliphatic rings. The van der Waals surface area contributed by atoms with E-state index in [1.165, 1.54) is 21.1 Å². The van der Waals surface area contributed by atoms with Crippen LogP contribution in [0.4, 0.5) is 10.5 Å². The molecule has 3 rings (SSSR count). The molecular weight excluding hydrogens is 366 g/mol. The van der Waals surface area contributed by atoms with Crippen LogP contribution >= 0.6 is 34.3 Å². The number of nitrogens with zero attached hydrogens (tertiary/aromatic N) is 1. The van der Waals surface area contributed by atoms with Crippen molar-refractivity contribution in [2.45, 2.75) is 13.0 Å². The molecule has 2 amide bonds. The molecular formula is C16H20ClN3O2S2. The summed E-state index contributed by atoms with van der Waals surface area (Å²) in [5.74, 6) is 0. The summed E-state index contributed by atoms with van der Waals surface area (Å²) in [6.07, 6.45) is 0. The number of rotatable bonds is 5. The average Bonchev–Trinajstić information content (AvgIpc) is 3.18. The first-order valence-electron chi connectivity index (χ1n) is 7.79. The number of carbonyl (C=O) groups excluding carboxylic acids is 1. The van der Waals surface area contributed by atoms with E-state index < -0.39 is 0 Å². The predicted octanol–water partition coefficient (Wildman–Crippen LogP) is 3.97. The first-order valence-corrected chi connectivity index (χ1v) is 9.87. The number of ether oxygens (including phenoxy) is 1. The third-order valence-electron chi connectivity index (χ3n) is 3.90. The SMILES string of the molecule is Cc1ccc(C(CNC(=O)Nc2ccsc2Cl)N2CCOCC2)s1. The Bertz CT molecular complexity index is 682. The normalized spacial score (nSPS) is 16.8. The van der Waals surface area contributed by atoms with Crippen molar-refractivity contribution < 1.29 is 9.53 Å². The van der Waals surface area contributed by atoms with Gasteiger partial charge in [0, 0.05) is 29.4 Å². The molecule has 24 heavy (non-hydrogen) atoms. The van der Waals surface area contributed by atoms with Gasteiger partial charge in [-0.25, -0.2) is 4.79 Å². The van der Waals surface area contributed by atoms with Crippen molar-refractivity contribution in [2.24, 2.45) is 0 Å². The highest BCUT2D eigenvalue weighted by molar-refractivity contribution is 7.15. The number of amides is 2. The standard InChI is InChI=1S/C16H20ClN3O2S2/c1-11-2-3-14(24-11)13(20-5-7-22-8-6-20)10-18-16(21)19-12-4-9-23-15(12)17/h2-4,9,13H,5-8,10H2,1H3,(H2,18,19,21). The molecule has 0 radical (unpaired) electrons. The van der Waals surface area contributed by atoms with E-state index in [2.05, 4.69) is 34.6 Å². The Balaban J connectivity index is 1.63. The Hall–Kier alpha value is -1.12. The Kier molecular flexibility index (Phi) is 6.13. The summed E-state index contributed by atoms with van der Waals surface area (Å²) in [6.45, 7) is 5.87. The van der Waals surface area contributed by atoms with Crippen molar-refractivity contribution in [3.8, 4) is 0 Å². The summed E-state index contributed by atoms with van der Waals surface area (Å²) < 4.78 is 6.04. The molecule has 8 heteroatoms. The smallest absolute Gasteiger partial charge is 0.319 e. The van der Waals surface area contributed by atoms with Crippen LogP contribution in [0.3, 0.4) is 0 Å². The second-order valence-electron chi connectivity index (χ2n) is 5.56. The number of nitrogens with one attached hydrogen (secondary N) is 2. The topological polar surface area (TPSA) is 53.6 Å². The highest BCUT2D eigenvalue weighted by Gasteiger charge is 2.24. The first kappa shape index (κ1) is 17.7. The molecule has 2 N–H and O–H groups in total. The fourth-order valence-electron chi connectivity index (χ4n) is 2.67. The molecule has 0 aromatic carbocycles. The summed E-state index contributed by atoms with van der Waals surface area (Å²) >= 11 is 9.19.